The van der Waals surface area contributed by atoms with E-state index in [9.17, 15) is 0 Å². The molecule has 0 heterocycles. The monoisotopic (exact) mass is 269 g/mol. The van der Waals surface area contributed by atoms with Crippen molar-refractivity contribution in [1.82, 2.24) is 9.80 Å². The molecule has 0 aromatic carbocycles. The maximum absolute atomic E-state index is 6.52. The second kappa shape index (κ2) is 7.05. The van der Waals surface area contributed by atoms with Gasteiger partial charge in [-0.3, -0.25) is 4.90 Å². The molecule has 1 fully saturated rings. The Morgan fingerprint density at radius 3 is 2.47 bits per heavy atom. The van der Waals surface area contributed by atoms with E-state index in [1.54, 1.807) is 0 Å². The Morgan fingerprint density at radius 1 is 1.32 bits per heavy atom. The number of rotatable bonds is 6. The minimum Gasteiger partial charge on any atom is -0.327 e. The van der Waals surface area contributed by atoms with Gasteiger partial charge in [0.05, 0.1) is 0 Å². The predicted octanol–water partition coefficient (Wildman–Crippen LogP) is 2.41. The van der Waals surface area contributed by atoms with Crippen LogP contribution in [0.2, 0.25) is 0 Å². The molecule has 1 saturated carbocycles. The van der Waals surface area contributed by atoms with Crippen LogP contribution in [0.4, 0.5) is 0 Å². The van der Waals surface area contributed by atoms with E-state index in [4.69, 9.17) is 5.73 Å². The van der Waals surface area contributed by atoms with Crippen LogP contribution < -0.4 is 5.73 Å². The largest absolute Gasteiger partial charge is 0.327 e. The second-order valence-corrected chi connectivity index (χ2v) is 7.37. The zero-order valence-corrected chi connectivity index (χ0v) is 13.9. The van der Waals surface area contributed by atoms with Gasteiger partial charge in [-0.15, -0.1) is 0 Å². The molecule has 0 saturated heterocycles. The lowest BCUT2D eigenvalue weighted by Gasteiger charge is -2.44. The highest BCUT2D eigenvalue weighted by atomic mass is 15.2. The summed E-state index contributed by atoms with van der Waals surface area (Å²) in [6.07, 6.45) is 3.92. The first-order valence-electron chi connectivity index (χ1n) is 7.92. The van der Waals surface area contributed by atoms with E-state index >= 15 is 0 Å². The molecule has 3 heteroatoms. The van der Waals surface area contributed by atoms with Gasteiger partial charge in [0.1, 0.15) is 0 Å². The molecule has 0 bridgehead atoms. The summed E-state index contributed by atoms with van der Waals surface area (Å²) in [6, 6.07) is 0.957. The Balaban J connectivity index is 2.59. The molecular weight excluding hydrogens is 234 g/mol. The topological polar surface area (TPSA) is 32.5 Å². The third-order valence-corrected chi connectivity index (χ3v) is 4.93. The lowest BCUT2D eigenvalue weighted by molar-refractivity contribution is 0.0829. The highest BCUT2D eigenvalue weighted by Crippen LogP contribution is 2.38. The fourth-order valence-corrected chi connectivity index (χ4v) is 3.57. The van der Waals surface area contributed by atoms with Gasteiger partial charge in [0.25, 0.3) is 0 Å². The number of likely N-dealkylation sites (N-methyl/N-ethyl adjacent to an activating group) is 2. The van der Waals surface area contributed by atoms with Gasteiger partial charge in [-0.2, -0.15) is 0 Å². The molecule has 0 radical (unpaired) electrons. The minimum absolute atomic E-state index is 0.313. The van der Waals surface area contributed by atoms with Gasteiger partial charge in [-0.25, -0.2) is 0 Å². The zero-order chi connectivity index (χ0) is 14.6. The SMILES string of the molecule is CCN(CC1CCCC(C)(C)C1N)C(C)CN(C)C. The van der Waals surface area contributed by atoms with E-state index in [0.29, 0.717) is 23.4 Å². The minimum atomic E-state index is 0.313. The second-order valence-electron chi connectivity index (χ2n) is 7.37. The van der Waals surface area contributed by atoms with Gasteiger partial charge < -0.3 is 10.6 Å². The van der Waals surface area contributed by atoms with Crippen LogP contribution in [0, 0.1) is 11.3 Å². The Hall–Kier alpha value is -0.120. The predicted molar refractivity (Wildman–Crippen MR) is 84.4 cm³/mol. The molecular formula is C16H35N3. The maximum Gasteiger partial charge on any atom is 0.0194 e. The number of nitrogens with zero attached hydrogens (tertiary/aromatic N) is 2. The maximum atomic E-state index is 6.52. The lowest BCUT2D eigenvalue weighted by atomic mass is 9.68. The average Bonchev–Trinajstić information content (AvgIpc) is 2.30. The molecule has 3 atom stereocenters. The van der Waals surface area contributed by atoms with Gasteiger partial charge in [-0.1, -0.05) is 27.2 Å². The summed E-state index contributed by atoms with van der Waals surface area (Å²) in [4.78, 5) is 4.88. The molecule has 114 valence electrons. The average molecular weight is 269 g/mol. The molecule has 1 aliphatic rings. The Bertz CT molecular complexity index is 263. The molecule has 3 nitrogen and oxygen atoms in total. The molecule has 0 aliphatic heterocycles. The van der Waals surface area contributed by atoms with Gasteiger partial charge in [0, 0.05) is 25.2 Å². The van der Waals surface area contributed by atoms with Gasteiger partial charge in [0.2, 0.25) is 0 Å². The van der Waals surface area contributed by atoms with Crippen molar-refractivity contribution in [2.24, 2.45) is 17.1 Å². The van der Waals surface area contributed by atoms with Crippen LogP contribution in [0.25, 0.3) is 0 Å². The first kappa shape index (κ1) is 16.9. The van der Waals surface area contributed by atoms with Crippen LogP contribution in [0.3, 0.4) is 0 Å². The van der Waals surface area contributed by atoms with Crippen LogP contribution in [0.15, 0.2) is 0 Å². The molecule has 19 heavy (non-hydrogen) atoms. The highest BCUT2D eigenvalue weighted by Gasteiger charge is 2.37. The third-order valence-electron chi connectivity index (χ3n) is 4.93. The van der Waals surface area contributed by atoms with Crippen molar-refractivity contribution in [2.75, 3.05) is 33.7 Å². The van der Waals surface area contributed by atoms with Crippen molar-refractivity contribution in [3.63, 3.8) is 0 Å². The Labute approximate surface area is 120 Å². The Morgan fingerprint density at radius 2 is 1.95 bits per heavy atom. The van der Waals surface area contributed by atoms with Gasteiger partial charge in [-0.05, 0) is 51.7 Å². The van der Waals surface area contributed by atoms with Crippen LogP contribution in [-0.2, 0) is 0 Å². The summed E-state index contributed by atoms with van der Waals surface area (Å²) in [7, 11) is 4.31. The van der Waals surface area contributed by atoms with Gasteiger partial charge in [0.15, 0.2) is 0 Å². The van der Waals surface area contributed by atoms with E-state index in [-0.39, 0.29) is 0 Å². The smallest absolute Gasteiger partial charge is 0.0194 e. The molecule has 0 aromatic rings. The van der Waals surface area contributed by atoms with Crippen molar-refractivity contribution >= 4 is 0 Å². The van der Waals surface area contributed by atoms with Crippen molar-refractivity contribution < 1.29 is 0 Å². The van der Waals surface area contributed by atoms with Crippen molar-refractivity contribution in [1.29, 1.82) is 0 Å². The molecule has 1 aliphatic carbocycles. The normalized spacial score (nSPS) is 28.9. The summed E-state index contributed by atoms with van der Waals surface area (Å²) in [6.45, 7) is 12.7. The quantitative estimate of drug-likeness (QED) is 0.804. The summed E-state index contributed by atoms with van der Waals surface area (Å²) in [5.74, 6) is 0.660. The van der Waals surface area contributed by atoms with E-state index in [2.05, 4.69) is 51.6 Å². The fourth-order valence-electron chi connectivity index (χ4n) is 3.57. The lowest BCUT2D eigenvalue weighted by Crippen LogP contribution is -2.52. The van der Waals surface area contributed by atoms with E-state index in [0.717, 1.165) is 19.6 Å². The number of hydrogen-bond acceptors (Lipinski definition) is 3. The van der Waals surface area contributed by atoms with Crippen LogP contribution in [0.5, 0.6) is 0 Å². The molecule has 0 aromatic heterocycles. The van der Waals surface area contributed by atoms with E-state index in [1.165, 1.54) is 19.3 Å². The fraction of sp³-hybridized carbons (Fsp3) is 1.00. The van der Waals surface area contributed by atoms with Crippen LogP contribution in [-0.4, -0.2) is 55.6 Å². The molecule has 3 unspecified atom stereocenters. The third kappa shape index (κ3) is 4.73. The molecule has 0 spiro atoms. The molecule has 2 N–H and O–H groups in total. The van der Waals surface area contributed by atoms with Crippen molar-refractivity contribution in [3.05, 3.63) is 0 Å². The summed E-state index contributed by atoms with van der Waals surface area (Å²) >= 11 is 0. The van der Waals surface area contributed by atoms with Crippen molar-refractivity contribution in [2.45, 2.75) is 59.0 Å². The van der Waals surface area contributed by atoms with Crippen LogP contribution >= 0.6 is 0 Å². The van der Waals surface area contributed by atoms with E-state index < -0.39 is 0 Å². The first-order chi connectivity index (χ1) is 8.77. The highest BCUT2D eigenvalue weighted by molar-refractivity contribution is 4.92. The Kier molecular flexibility index (Phi) is 6.28. The zero-order valence-electron chi connectivity index (χ0n) is 13.9. The molecule has 0 amide bonds. The van der Waals surface area contributed by atoms with Crippen molar-refractivity contribution in [3.8, 4) is 0 Å². The summed E-state index contributed by atoms with van der Waals surface area (Å²) < 4.78 is 0. The number of hydrogen-bond donors (Lipinski definition) is 1. The summed E-state index contributed by atoms with van der Waals surface area (Å²) in [5, 5.41) is 0. The van der Waals surface area contributed by atoms with Gasteiger partial charge >= 0.3 is 0 Å². The molecule has 1 rings (SSSR count). The standard InChI is InChI=1S/C16H35N3/c1-7-19(13(2)11-18(5)6)12-14-9-8-10-16(3,4)15(14)17/h13-15H,7-12,17H2,1-6H3. The number of nitrogens with two attached hydrogens (primary N) is 1. The van der Waals surface area contributed by atoms with Crippen LogP contribution in [0.1, 0.15) is 47.0 Å². The first-order valence-corrected chi connectivity index (χ1v) is 7.92. The van der Waals surface area contributed by atoms with E-state index in [1.807, 2.05) is 0 Å². The summed E-state index contributed by atoms with van der Waals surface area (Å²) in [5.41, 5.74) is 6.84.